The average molecular weight is 264 g/mol. The predicted molar refractivity (Wildman–Crippen MR) is 71.5 cm³/mol. The molecule has 1 aliphatic rings. The van der Waals surface area contributed by atoms with Crippen molar-refractivity contribution < 1.29 is 9.52 Å². The second kappa shape index (κ2) is 4.57. The van der Waals surface area contributed by atoms with Crippen LogP contribution in [0.5, 0.6) is 0 Å². The molecule has 2 aromatic rings. The number of aliphatic hydroxyl groups is 1. The van der Waals surface area contributed by atoms with Gasteiger partial charge in [-0.15, -0.1) is 0 Å². The van der Waals surface area contributed by atoms with Crippen LogP contribution in [0.4, 0.5) is 0 Å². The minimum Gasteiger partial charge on any atom is -0.431 e. The smallest absolute Gasteiger partial charge is 0.256 e. The first kappa shape index (κ1) is 12.0. The molecular formula is C13H16N2O2S. The molecule has 0 amide bonds. The highest BCUT2D eigenvalue weighted by atomic mass is 32.2. The fourth-order valence-electron chi connectivity index (χ4n) is 2.06. The van der Waals surface area contributed by atoms with E-state index >= 15 is 0 Å². The predicted octanol–water partition coefficient (Wildman–Crippen LogP) is 2.02. The summed E-state index contributed by atoms with van der Waals surface area (Å²) in [6, 6.07) is 7.68. The maximum atomic E-state index is 9.42. The second-order valence-electron chi connectivity index (χ2n) is 4.90. The highest BCUT2D eigenvalue weighted by Crippen LogP contribution is 2.40. The number of fused-ring (bicyclic) bond motifs is 1. The first-order valence-corrected chi connectivity index (χ1v) is 7.08. The van der Waals surface area contributed by atoms with Gasteiger partial charge in [0.2, 0.25) is 0 Å². The highest BCUT2D eigenvalue weighted by molar-refractivity contribution is 7.99. The number of hydrogen-bond donors (Lipinski definition) is 2. The summed E-state index contributed by atoms with van der Waals surface area (Å²) in [4.78, 5) is 4.39. The van der Waals surface area contributed by atoms with E-state index in [1.54, 1.807) is 0 Å². The fourth-order valence-corrected chi connectivity index (χ4v) is 3.09. The zero-order valence-corrected chi connectivity index (χ0v) is 10.8. The number of benzene rings is 1. The van der Waals surface area contributed by atoms with Gasteiger partial charge < -0.3 is 15.3 Å². The fraction of sp³-hybridized carbons (Fsp3) is 0.462. The van der Waals surface area contributed by atoms with Crippen LogP contribution < -0.4 is 5.73 Å². The Morgan fingerprint density at radius 3 is 2.89 bits per heavy atom. The molecule has 1 aromatic carbocycles. The molecule has 1 fully saturated rings. The van der Waals surface area contributed by atoms with Crippen molar-refractivity contribution in [2.45, 2.75) is 23.6 Å². The van der Waals surface area contributed by atoms with Gasteiger partial charge in [0.25, 0.3) is 5.22 Å². The summed E-state index contributed by atoms with van der Waals surface area (Å²) in [7, 11) is 0. The van der Waals surface area contributed by atoms with Crippen LogP contribution in [0.25, 0.3) is 11.1 Å². The van der Waals surface area contributed by atoms with Crippen molar-refractivity contribution in [3.8, 4) is 0 Å². The quantitative estimate of drug-likeness (QED) is 0.808. The Hall–Kier alpha value is -1.04. The lowest BCUT2D eigenvalue weighted by Gasteiger charge is -2.25. The molecule has 0 saturated heterocycles. The van der Waals surface area contributed by atoms with Crippen molar-refractivity contribution in [3.63, 3.8) is 0 Å². The third-order valence-electron chi connectivity index (χ3n) is 3.42. The minimum absolute atomic E-state index is 0.0187. The molecule has 18 heavy (non-hydrogen) atoms. The molecule has 1 aliphatic carbocycles. The topological polar surface area (TPSA) is 72.3 Å². The van der Waals surface area contributed by atoms with Crippen molar-refractivity contribution in [1.82, 2.24) is 4.98 Å². The van der Waals surface area contributed by atoms with Crippen molar-refractivity contribution >= 4 is 22.9 Å². The van der Waals surface area contributed by atoms with E-state index in [9.17, 15) is 5.11 Å². The summed E-state index contributed by atoms with van der Waals surface area (Å²) >= 11 is 1.48. The Morgan fingerprint density at radius 1 is 1.44 bits per heavy atom. The van der Waals surface area contributed by atoms with E-state index in [1.165, 1.54) is 11.8 Å². The van der Waals surface area contributed by atoms with Gasteiger partial charge in [-0.3, -0.25) is 0 Å². The number of rotatable bonds is 5. The van der Waals surface area contributed by atoms with Gasteiger partial charge in [-0.2, -0.15) is 0 Å². The summed E-state index contributed by atoms with van der Waals surface area (Å²) < 4.78 is 5.62. The standard InChI is InChI=1S/C13H16N2O2S/c14-13(7-16,9-5-6-9)8-18-12-15-10-3-1-2-4-11(10)17-12/h1-4,9,16H,5-8,14H2. The van der Waals surface area contributed by atoms with E-state index in [0.29, 0.717) is 16.9 Å². The van der Waals surface area contributed by atoms with Crippen LogP contribution in [-0.2, 0) is 0 Å². The highest BCUT2D eigenvalue weighted by Gasteiger charge is 2.42. The Balaban J connectivity index is 1.72. The number of thioether (sulfide) groups is 1. The van der Waals surface area contributed by atoms with Crippen molar-refractivity contribution in [3.05, 3.63) is 24.3 Å². The first-order chi connectivity index (χ1) is 8.71. The number of hydrogen-bond acceptors (Lipinski definition) is 5. The van der Waals surface area contributed by atoms with Crippen LogP contribution in [-0.4, -0.2) is 28.0 Å². The first-order valence-electron chi connectivity index (χ1n) is 6.09. The SMILES string of the molecule is NC(CO)(CSc1nc2ccccc2o1)C1CC1. The lowest BCUT2D eigenvalue weighted by atomic mass is 9.99. The average Bonchev–Trinajstić information content (AvgIpc) is 3.16. The molecule has 96 valence electrons. The molecule has 1 atom stereocenters. The Kier molecular flexibility index (Phi) is 3.05. The molecule has 3 rings (SSSR count). The van der Waals surface area contributed by atoms with E-state index in [2.05, 4.69) is 4.98 Å². The number of oxazole rings is 1. The van der Waals surface area contributed by atoms with E-state index in [1.807, 2.05) is 24.3 Å². The molecule has 1 aromatic heterocycles. The number of nitrogens with two attached hydrogens (primary N) is 1. The van der Waals surface area contributed by atoms with Gasteiger partial charge in [-0.25, -0.2) is 4.98 Å². The zero-order valence-electron chi connectivity index (χ0n) is 10.0. The molecular weight excluding hydrogens is 248 g/mol. The normalized spacial score (nSPS) is 19.0. The van der Waals surface area contributed by atoms with Gasteiger partial charge in [0.15, 0.2) is 5.58 Å². The van der Waals surface area contributed by atoms with Crippen molar-refractivity contribution in [2.75, 3.05) is 12.4 Å². The number of nitrogens with zero attached hydrogens (tertiary/aromatic N) is 1. The summed E-state index contributed by atoms with van der Waals surface area (Å²) in [6.45, 7) is 0.0187. The zero-order chi connectivity index (χ0) is 12.6. The monoisotopic (exact) mass is 264 g/mol. The Morgan fingerprint density at radius 2 is 2.22 bits per heavy atom. The summed E-state index contributed by atoms with van der Waals surface area (Å²) in [5.74, 6) is 1.08. The minimum atomic E-state index is -0.495. The molecule has 4 nitrogen and oxygen atoms in total. The number of para-hydroxylation sites is 2. The van der Waals surface area contributed by atoms with E-state index in [-0.39, 0.29) is 6.61 Å². The van der Waals surface area contributed by atoms with Gasteiger partial charge in [0.1, 0.15) is 5.52 Å². The van der Waals surface area contributed by atoms with Gasteiger partial charge in [0, 0.05) is 5.75 Å². The Labute approximate surface area is 110 Å². The summed E-state index contributed by atoms with van der Waals surface area (Å²) in [5.41, 5.74) is 7.36. The van der Waals surface area contributed by atoms with Gasteiger partial charge >= 0.3 is 0 Å². The van der Waals surface area contributed by atoms with Crippen LogP contribution in [0.3, 0.4) is 0 Å². The van der Waals surface area contributed by atoms with Crippen LogP contribution in [0.1, 0.15) is 12.8 Å². The van der Waals surface area contributed by atoms with Crippen LogP contribution in [0.2, 0.25) is 0 Å². The maximum Gasteiger partial charge on any atom is 0.256 e. The molecule has 1 saturated carbocycles. The Bertz CT molecular complexity index is 520. The largest absolute Gasteiger partial charge is 0.431 e. The van der Waals surface area contributed by atoms with Gasteiger partial charge in [-0.1, -0.05) is 23.9 Å². The van der Waals surface area contributed by atoms with Gasteiger partial charge in [-0.05, 0) is 30.9 Å². The van der Waals surface area contributed by atoms with Crippen LogP contribution >= 0.6 is 11.8 Å². The molecule has 5 heteroatoms. The van der Waals surface area contributed by atoms with Crippen LogP contribution in [0, 0.1) is 5.92 Å². The summed E-state index contributed by atoms with van der Waals surface area (Å²) in [6.07, 6.45) is 2.23. The lowest BCUT2D eigenvalue weighted by Crippen LogP contribution is -2.48. The van der Waals surface area contributed by atoms with E-state index in [4.69, 9.17) is 10.2 Å². The molecule has 1 unspecified atom stereocenters. The molecule has 3 N–H and O–H groups in total. The lowest BCUT2D eigenvalue weighted by molar-refractivity contribution is 0.194. The molecule has 0 spiro atoms. The third-order valence-corrected chi connectivity index (χ3v) is 4.53. The third kappa shape index (κ3) is 2.25. The second-order valence-corrected chi connectivity index (χ2v) is 5.83. The number of aliphatic hydroxyl groups excluding tert-OH is 1. The summed E-state index contributed by atoms with van der Waals surface area (Å²) in [5, 5.41) is 10.0. The maximum absolute atomic E-state index is 9.42. The molecule has 0 aliphatic heterocycles. The van der Waals surface area contributed by atoms with Crippen LogP contribution in [0.15, 0.2) is 33.9 Å². The molecule has 0 bridgehead atoms. The van der Waals surface area contributed by atoms with Crippen molar-refractivity contribution in [1.29, 1.82) is 0 Å². The van der Waals surface area contributed by atoms with Gasteiger partial charge in [0.05, 0.1) is 12.1 Å². The number of aromatic nitrogens is 1. The molecule has 0 radical (unpaired) electrons. The molecule has 1 heterocycles. The van der Waals surface area contributed by atoms with E-state index in [0.717, 1.165) is 23.9 Å². The van der Waals surface area contributed by atoms with Crippen molar-refractivity contribution in [2.24, 2.45) is 11.7 Å². The van der Waals surface area contributed by atoms with E-state index < -0.39 is 5.54 Å².